The van der Waals surface area contributed by atoms with Crippen LogP contribution < -0.4 is 5.32 Å². The number of urea groups is 1. The molecule has 0 bridgehead atoms. The topological polar surface area (TPSA) is 85.7 Å². The number of pyridine rings is 1. The zero-order valence-corrected chi connectivity index (χ0v) is 22.5. The van der Waals surface area contributed by atoms with Crippen molar-refractivity contribution in [2.24, 2.45) is 0 Å². The summed E-state index contributed by atoms with van der Waals surface area (Å²) < 4.78 is 54.3. The van der Waals surface area contributed by atoms with Crippen LogP contribution in [0.15, 0.2) is 30.5 Å². The Labute approximate surface area is 220 Å². The predicted molar refractivity (Wildman–Crippen MR) is 138 cm³/mol. The number of anilines is 1. The largest absolute Gasteiger partial charge is 0.416 e. The first kappa shape index (κ1) is 32.6. The number of carbonyl (C=O) groups is 1. The van der Waals surface area contributed by atoms with E-state index in [9.17, 15) is 23.1 Å². The van der Waals surface area contributed by atoms with Gasteiger partial charge in [-0.1, -0.05) is 39.3 Å². The number of aryl methyl sites for hydroxylation is 1. The first-order chi connectivity index (χ1) is 17.4. The average molecular weight is 550 g/mol. The van der Waals surface area contributed by atoms with Gasteiger partial charge in [0.1, 0.15) is 0 Å². The maximum atomic E-state index is 15.6. The maximum absolute atomic E-state index is 15.6. The fourth-order valence-electron chi connectivity index (χ4n) is 3.82. The third-order valence-electron chi connectivity index (χ3n) is 5.63. The summed E-state index contributed by atoms with van der Waals surface area (Å²) in [4.78, 5) is 18.0. The molecule has 1 aromatic carbocycles. The van der Waals surface area contributed by atoms with Gasteiger partial charge >= 0.3 is 12.2 Å². The Morgan fingerprint density at radius 2 is 1.78 bits per heavy atom. The van der Waals surface area contributed by atoms with Crippen molar-refractivity contribution in [1.82, 2.24) is 9.88 Å². The fraction of sp³-hybridized carbons (Fsp3) is 0.538. The lowest BCUT2D eigenvalue weighted by Crippen LogP contribution is -2.45. The molecule has 1 fully saturated rings. The molecule has 6 nitrogen and oxygen atoms in total. The molecule has 0 unspecified atom stereocenters. The van der Waals surface area contributed by atoms with Crippen LogP contribution in [0.3, 0.4) is 0 Å². The Morgan fingerprint density at radius 1 is 1.19 bits per heavy atom. The van der Waals surface area contributed by atoms with Crippen molar-refractivity contribution < 1.29 is 32.6 Å². The lowest BCUT2D eigenvalue weighted by atomic mass is 9.89. The van der Waals surface area contributed by atoms with Gasteiger partial charge in [0.15, 0.2) is 5.67 Å². The Hall–Kier alpha value is -2.43. The van der Waals surface area contributed by atoms with Crippen LogP contribution in [0, 0.1) is 6.92 Å². The number of benzene rings is 1. The maximum Gasteiger partial charge on any atom is 0.416 e. The van der Waals surface area contributed by atoms with Crippen LogP contribution in [0.25, 0.3) is 0 Å². The molecular formula is C26H36ClF4N3O3. The second-order valence-electron chi connectivity index (χ2n) is 8.12. The first-order valence-corrected chi connectivity index (χ1v) is 12.7. The standard InChI is InChI=1S/C22H24ClF4N3O3.2C2H6/c1-13-8-15(2-3-17(13)22(25,26)27)29-20(33)30-6-4-21(24,5-7-30)19-18(23)10-14(11-28-19)9-16(32)12-31;2*1-2/h2-3,8,10-11,16,31-32H,4-7,9,12H2,1H3,(H,29,33);2*1-2H3/t16-;;/m1../s1. The van der Waals surface area contributed by atoms with E-state index in [4.69, 9.17) is 16.7 Å². The minimum Gasteiger partial charge on any atom is -0.394 e. The number of carbonyl (C=O) groups excluding carboxylic acids is 1. The molecule has 1 aliphatic rings. The molecule has 208 valence electrons. The van der Waals surface area contributed by atoms with Crippen molar-refractivity contribution in [2.45, 2.75) is 71.8 Å². The number of alkyl halides is 4. The first-order valence-electron chi connectivity index (χ1n) is 12.3. The number of likely N-dealkylation sites (tertiary alicyclic amines) is 1. The van der Waals surface area contributed by atoms with Gasteiger partial charge in [0, 0.05) is 44.2 Å². The third kappa shape index (κ3) is 8.83. The molecule has 0 spiro atoms. The monoisotopic (exact) mass is 549 g/mol. The molecule has 1 aromatic heterocycles. The number of aliphatic hydroxyl groups is 2. The van der Waals surface area contributed by atoms with E-state index in [0.29, 0.717) is 5.56 Å². The number of aliphatic hydroxyl groups excluding tert-OH is 2. The Balaban J connectivity index is 0.00000163. The second kappa shape index (κ2) is 14.5. The summed E-state index contributed by atoms with van der Waals surface area (Å²) in [7, 11) is 0. The Kier molecular flexibility index (Phi) is 12.8. The van der Waals surface area contributed by atoms with Crippen LogP contribution in [0.2, 0.25) is 5.02 Å². The van der Waals surface area contributed by atoms with Crippen LogP contribution in [-0.2, 0) is 18.3 Å². The third-order valence-corrected chi connectivity index (χ3v) is 5.92. The number of rotatable bonds is 5. The molecule has 11 heteroatoms. The molecule has 0 saturated carbocycles. The van der Waals surface area contributed by atoms with Gasteiger partial charge in [-0.25, -0.2) is 9.18 Å². The van der Waals surface area contributed by atoms with Crippen LogP contribution >= 0.6 is 11.6 Å². The zero-order valence-electron chi connectivity index (χ0n) is 21.8. The molecular weight excluding hydrogens is 514 g/mol. The van der Waals surface area contributed by atoms with Crippen molar-refractivity contribution in [1.29, 1.82) is 0 Å². The van der Waals surface area contributed by atoms with E-state index in [0.717, 1.165) is 6.07 Å². The minimum atomic E-state index is -4.48. The number of nitrogens with one attached hydrogen (secondary N) is 1. The van der Waals surface area contributed by atoms with Crippen LogP contribution in [0.4, 0.5) is 28.0 Å². The van der Waals surface area contributed by atoms with Crippen molar-refractivity contribution in [3.63, 3.8) is 0 Å². The smallest absolute Gasteiger partial charge is 0.394 e. The molecule has 0 radical (unpaired) electrons. The Morgan fingerprint density at radius 3 is 2.27 bits per heavy atom. The van der Waals surface area contributed by atoms with Gasteiger partial charge in [0.05, 0.1) is 29.0 Å². The van der Waals surface area contributed by atoms with Crippen molar-refractivity contribution in [2.75, 3.05) is 25.0 Å². The number of aromatic nitrogens is 1. The van der Waals surface area contributed by atoms with Gasteiger partial charge in [0.25, 0.3) is 0 Å². The fourth-order valence-corrected chi connectivity index (χ4v) is 4.18. The van der Waals surface area contributed by atoms with Crippen LogP contribution in [0.1, 0.15) is 62.9 Å². The van der Waals surface area contributed by atoms with Crippen LogP contribution in [-0.4, -0.2) is 51.9 Å². The summed E-state index contributed by atoms with van der Waals surface area (Å²) in [6.07, 6.45) is -4.04. The van der Waals surface area contributed by atoms with Crippen molar-refractivity contribution >= 4 is 23.3 Å². The molecule has 2 aromatic rings. The summed E-state index contributed by atoms with van der Waals surface area (Å²) in [5.74, 6) is 0. The van der Waals surface area contributed by atoms with E-state index in [2.05, 4.69) is 10.3 Å². The molecule has 37 heavy (non-hydrogen) atoms. The number of hydrogen-bond donors (Lipinski definition) is 3. The van der Waals surface area contributed by atoms with Crippen molar-refractivity contribution in [3.05, 3.63) is 57.9 Å². The lowest BCUT2D eigenvalue weighted by Gasteiger charge is -2.36. The number of amides is 2. The molecule has 2 amide bonds. The lowest BCUT2D eigenvalue weighted by molar-refractivity contribution is -0.138. The van der Waals surface area contributed by atoms with Gasteiger partial charge < -0.3 is 20.4 Å². The number of piperidine rings is 1. The highest BCUT2D eigenvalue weighted by Crippen LogP contribution is 2.40. The minimum absolute atomic E-state index is 0.0163. The van der Waals surface area contributed by atoms with Gasteiger partial charge in [-0.3, -0.25) is 4.98 Å². The molecule has 1 saturated heterocycles. The number of hydrogen-bond acceptors (Lipinski definition) is 4. The molecule has 1 atom stereocenters. The Bertz CT molecular complexity index is 1010. The van der Waals surface area contributed by atoms with E-state index in [1.54, 1.807) is 0 Å². The summed E-state index contributed by atoms with van der Waals surface area (Å²) in [6, 6.07) is 4.28. The van der Waals surface area contributed by atoms with E-state index < -0.39 is 36.2 Å². The summed E-state index contributed by atoms with van der Waals surface area (Å²) in [6.45, 7) is 9.01. The zero-order chi connectivity index (χ0) is 28.4. The highest BCUT2D eigenvalue weighted by molar-refractivity contribution is 6.31. The molecule has 1 aliphatic heterocycles. The molecule has 0 aliphatic carbocycles. The number of nitrogens with zero attached hydrogens (tertiary/aromatic N) is 2. The molecule has 3 N–H and O–H groups in total. The highest BCUT2D eigenvalue weighted by Gasteiger charge is 2.40. The molecule has 3 rings (SSSR count). The highest BCUT2D eigenvalue weighted by atomic mass is 35.5. The summed E-state index contributed by atoms with van der Waals surface area (Å²) >= 11 is 6.23. The van der Waals surface area contributed by atoms with E-state index in [1.807, 2.05) is 27.7 Å². The second-order valence-corrected chi connectivity index (χ2v) is 8.53. The average Bonchev–Trinajstić information content (AvgIpc) is 2.86. The van der Waals surface area contributed by atoms with Crippen molar-refractivity contribution in [3.8, 4) is 0 Å². The number of halogens is 5. The van der Waals surface area contributed by atoms with Gasteiger partial charge in [-0.05, 0) is 42.3 Å². The summed E-state index contributed by atoms with van der Waals surface area (Å²) in [5.41, 5.74) is -1.83. The van der Waals surface area contributed by atoms with Gasteiger partial charge in [0.2, 0.25) is 0 Å². The summed E-state index contributed by atoms with van der Waals surface area (Å²) in [5, 5.41) is 21.1. The van der Waals surface area contributed by atoms with E-state index >= 15 is 4.39 Å². The predicted octanol–water partition coefficient (Wildman–Crippen LogP) is 6.50. The van der Waals surface area contributed by atoms with Gasteiger partial charge in [-0.2, -0.15) is 13.2 Å². The van der Waals surface area contributed by atoms with Crippen LogP contribution in [0.5, 0.6) is 0 Å². The van der Waals surface area contributed by atoms with Gasteiger partial charge in [-0.15, -0.1) is 0 Å². The SMILES string of the molecule is CC.CC.Cc1cc(NC(=O)N2CCC(F)(c3ncc(C[C@@H](O)CO)cc3Cl)CC2)ccc1C(F)(F)F. The van der Waals surface area contributed by atoms with E-state index in [-0.39, 0.29) is 54.3 Å². The normalized spacial score (nSPS) is 15.5. The molecule has 2 heterocycles. The van der Waals surface area contributed by atoms with E-state index in [1.165, 1.54) is 36.2 Å². The quantitative estimate of drug-likeness (QED) is 0.371.